The average Bonchev–Trinajstić information content (AvgIpc) is 2.89. The maximum absolute atomic E-state index is 12.8. The minimum Gasteiger partial charge on any atom is -0.494 e. The molecular formula is C30H35NO5. The Hall–Kier alpha value is -3.64. The molecule has 0 bridgehead atoms. The van der Waals surface area contributed by atoms with Crippen molar-refractivity contribution in [2.75, 3.05) is 19.8 Å². The minimum absolute atomic E-state index is 0.0187. The molecule has 3 aromatic rings. The van der Waals surface area contributed by atoms with Gasteiger partial charge in [-0.1, -0.05) is 55.8 Å². The molecule has 0 spiro atoms. The molecule has 2 N–H and O–H groups in total. The summed E-state index contributed by atoms with van der Waals surface area (Å²) < 4.78 is 11.7. The Morgan fingerprint density at radius 1 is 0.917 bits per heavy atom. The van der Waals surface area contributed by atoms with Crippen LogP contribution in [0.5, 0.6) is 11.5 Å². The molecule has 0 aliphatic carbocycles. The predicted molar refractivity (Wildman–Crippen MR) is 142 cm³/mol. The second-order valence-electron chi connectivity index (χ2n) is 8.53. The van der Waals surface area contributed by atoms with E-state index in [9.17, 15) is 14.7 Å². The van der Waals surface area contributed by atoms with Gasteiger partial charge in [-0.15, -0.1) is 0 Å². The molecule has 6 nitrogen and oxygen atoms in total. The Morgan fingerprint density at radius 3 is 2.33 bits per heavy atom. The van der Waals surface area contributed by atoms with Crippen molar-refractivity contribution in [1.29, 1.82) is 0 Å². The van der Waals surface area contributed by atoms with Gasteiger partial charge < -0.3 is 19.9 Å². The summed E-state index contributed by atoms with van der Waals surface area (Å²) in [6, 6.07) is 21.1. The molecule has 36 heavy (non-hydrogen) atoms. The molecule has 190 valence electrons. The number of rotatable bonds is 15. The topological polar surface area (TPSA) is 84.9 Å². The molecule has 0 aliphatic rings. The predicted octanol–water partition coefficient (Wildman–Crippen LogP) is 5.92. The number of aliphatic carboxylic acids is 1. The van der Waals surface area contributed by atoms with E-state index in [0.717, 1.165) is 40.8 Å². The van der Waals surface area contributed by atoms with Gasteiger partial charge >= 0.3 is 5.97 Å². The highest BCUT2D eigenvalue weighted by atomic mass is 16.5. The fraction of sp³-hybridized carbons (Fsp3) is 0.333. The average molecular weight is 490 g/mol. The number of carboxylic acid groups (broad SMARTS) is 1. The van der Waals surface area contributed by atoms with Crippen molar-refractivity contribution in [1.82, 2.24) is 5.32 Å². The van der Waals surface area contributed by atoms with E-state index in [4.69, 9.17) is 9.47 Å². The Bertz CT molecular complexity index is 1130. The van der Waals surface area contributed by atoms with Crippen LogP contribution in [0.3, 0.4) is 0 Å². The molecule has 6 heteroatoms. The van der Waals surface area contributed by atoms with Crippen LogP contribution < -0.4 is 14.8 Å². The third kappa shape index (κ3) is 7.68. The van der Waals surface area contributed by atoms with Gasteiger partial charge in [-0.2, -0.15) is 0 Å². The van der Waals surface area contributed by atoms with Crippen LogP contribution in [0.4, 0.5) is 0 Å². The molecule has 0 amide bonds. The summed E-state index contributed by atoms with van der Waals surface area (Å²) in [4.78, 5) is 24.1. The van der Waals surface area contributed by atoms with Crippen LogP contribution in [-0.2, 0) is 17.8 Å². The van der Waals surface area contributed by atoms with Gasteiger partial charge in [-0.3, -0.25) is 9.59 Å². The lowest BCUT2D eigenvalue weighted by Crippen LogP contribution is -2.23. The molecule has 0 radical (unpaired) electrons. The lowest BCUT2D eigenvalue weighted by atomic mass is 9.94. The summed E-state index contributed by atoms with van der Waals surface area (Å²) in [6.07, 6.45) is 2.30. The first-order valence-electron chi connectivity index (χ1n) is 12.5. The van der Waals surface area contributed by atoms with Crippen LogP contribution in [0.15, 0.2) is 66.7 Å². The number of ether oxygens (including phenoxy) is 2. The standard InChI is InChI=1S/C30H35NO5/c1-3-5-19-36-30-24(14-18-29(33)34)13-17-26(22-9-7-6-8-10-22)27(30)20-31-21-28(32)23-11-15-25(16-12-23)35-4-2/h6-13,15-17,31H,3-5,14,18-21H2,1-2H3,(H,33,34). The quantitative estimate of drug-likeness (QED) is 0.204. The second kappa shape index (κ2) is 14.0. The zero-order valence-electron chi connectivity index (χ0n) is 21.1. The molecule has 0 aliphatic heterocycles. The molecule has 0 saturated carbocycles. The Morgan fingerprint density at radius 2 is 1.67 bits per heavy atom. The summed E-state index contributed by atoms with van der Waals surface area (Å²) in [5, 5.41) is 12.5. The number of hydrogen-bond donors (Lipinski definition) is 2. The number of benzene rings is 3. The third-order valence-electron chi connectivity index (χ3n) is 5.85. The molecular weight excluding hydrogens is 454 g/mol. The van der Waals surface area contributed by atoms with Crippen molar-refractivity contribution in [2.45, 2.75) is 46.1 Å². The first kappa shape index (κ1) is 27.0. The van der Waals surface area contributed by atoms with Crippen LogP contribution >= 0.6 is 0 Å². The van der Waals surface area contributed by atoms with Gasteiger partial charge in [0, 0.05) is 24.1 Å². The van der Waals surface area contributed by atoms with E-state index in [1.807, 2.05) is 49.4 Å². The fourth-order valence-corrected chi connectivity index (χ4v) is 3.98. The van der Waals surface area contributed by atoms with Crippen molar-refractivity contribution in [3.05, 3.63) is 83.4 Å². The summed E-state index contributed by atoms with van der Waals surface area (Å²) in [5.74, 6) is 0.589. The number of unbranched alkanes of at least 4 members (excludes halogenated alkanes) is 1. The van der Waals surface area contributed by atoms with Gasteiger partial charge in [-0.05, 0) is 60.7 Å². The number of ketones is 1. The Kier molecular flexibility index (Phi) is 10.5. The van der Waals surface area contributed by atoms with Crippen LogP contribution in [0.25, 0.3) is 11.1 Å². The largest absolute Gasteiger partial charge is 0.494 e. The SMILES string of the molecule is CCCCOc1c(CCC(=O)O)ccc(-c2ccccc2)c1CNCC(=O)c1ccc(OCC)cc1. The van der Waals surface area contributed by atoms with E-state index in [1.165, 1.54) is 0 Å². The van der Waals surface area contributed by atoms with Crippen LogP contribution in [0.2, 0.25) is 0 Å². The zero-order chi connectivity index (χ0) is 25.8. The van der Waals surface area contributed by atoms with E-state index >= 15 is 0 Å². The number of hydrogen-bond acceptors (Lipinski definition) is 5. The van der Waals surface area contributed by atoms with Gasteiger partial charge in [0.15, 0.2) is 5.78 Å². The van der Waals surface area contributed by atoms with Crippen molar-refractivity contribution in [2.24, 2.45) is 0 Å². The zero-order valence-corrected chi connectivity index (χ0v) is 21.1. The first-order valence-corrected chi connectivity index (χ1v) is 12.5. The number of nitrogens with one attached hydrogen (secondary N) is 1. The normalized spacial score (nSPS) is 10.7. The van der Waals surface area contributed by atoms with Gasteiger partial charge in [0.25, 0.3) is 0 Å². The number of Topliss-reactive ketones (excluding diaryl/α,β-unsaturated/α-hetero) is 1. The van der Waals surface area contributed by atoms with Gasteiger partial charge in [0.1, 0.15) is 11.5 Å². The third-order valence-corrected chi connectivity index (χ3v) is 5.85. The molecule has 0 saturated heterocycles. The lowest BCUT2D eigenvalue weighted by molar-refractivity contribution is -0.136. The van der Waals surface area contributed by atoms with Crippen LogP contribution in [0.1, 0.15) is 54.6 Å². The Balaban J connectivity index is 1.86. The molecule has 0 fully saturated rings. The molecule has 3 aromatic carbocycles. The number of carbonyl (C=O) groups is 2. The van der Waals surface area contributed by atoms with E-state index in [0.29, 0.717) is 37.5 Å². The summed E-state index contributed by atoms with van der Waals surface area (Å²) in [6.45, 7) is 5.72. The maximum Gasteiger partial charge on any atom is 0.303 e. The maximum atomic E-state index is 12.8. The number of carbonyl (C=O) groups excluding carboxylic acids is 1. The summed E-state index contributed by atoms with van der Waals surface area (Å²) in [7, 11) is 0. The minimum atomic E-state index is -0.845. The fourth-order valence-electron chi connectivity index (χ4n) is 3.98. The van der Waals surface area contributed by atoms with Crippen molar-refractivity contribution in [3.8, 4) is 22.6 Å². The smallest absolute Gasteiger partial charge is 0.303 e. The highest BCUT2D eigenvalue weighted by Crippen LogP contribution is 2.35. The van der Waals surface area contributed by atoms with Crippen LogP contribution in [-0.4, -0.2) is 36.6 Å². The number of aryl methyl sites for hydroxylation is 1. The number of carboxylic acids is 1. The van der Waals surface area contributed by atoms with E-state index < -0.39 is 5.97 Å². The monoisotopic (exact) mass is 489 g/mol. The van der Waals surface area contributed by atoms with Crippen molar-refractivity contribution in [3.63, 3.8) is 0 Å². The second-order valence-corrected chi connectivity index (χ2v) is 8.53. The molecule has 0 atom stereocenters. The molecule has 0 unspecified atom stereocenters. The van der Waals surface area contributed by atoms with Gasteiger partial charge in [-0.25, -0.2) is 0 Å². The highest BCUT2D eigenvalue weighted by Gasteiger charge is 2.17. The highest BCUT2D eigenvalue weighted by molar-refractivity contribution is 5.97. The van der Waals surface area contributed by atoms with Gasteiger partial charge in [0.2, 0.25) is 0 Å². The molecule has 0 aromatic heterocycles. The molecule has 3 rings (SSSR count). The van der Waals surface area contributed by atoms with Crippen molar-refractivity contribution >= 4 is 11.8 Å². The van der Waals surface area contributed by atoms with Crippen molar-refractivity contribution < 1.29 is 24.2 Å². The van der Waals surface area contributed by atoms with E-state index in [2.05, 4.69) is 12.2 Å². The molecule has 0 heterocycles. The Labute approximate surface area is 213 Å². The van der Waals surface area contributed by atoms with Crippen LogP contribution in [0, 0.1) is 0 Å². The first-order chi connectivity index (χ1) is 17.5. The summed E-state index contributed by atoms with van der Waals surface area (Å²) >= 11 is 0. The lowest BCUT2D eigenvalue weighted by Gasteiger charge is -2.20. The summed E-state index contributed by atoms with van der Waals surface area (Å²) in [5.41, 5.74) is 4.45. The van der Waals surface area contributed by atoms with E-state index in [1.54, 1.807) is 24.3 Å². The van der Waals surface area contributed by atoms with E-state index in [-0.39, 0.29) is 18.7 Å². The van der Waals surface area contributed by atoms with Gasteiger partial charge in [0.05, 0.1) is 19.8 Å².